The summed E-state index contributed by atoms with van der Waals surface area (Å²) in [6, 6.07) is 0. The summed E-state index contributed by atoms with van der Waals surface area (Å²) in [5.41, 5.74) is 0.233. The number of likely N-dealkylation sites (tertiary alicyclic amines) is 1. The highest BCUT2D eigenvalue weighted by atomic mass is 15.3. The summed E-state index contributed by atoms with van der Waals surface area (Å²) in [7, 11) is 0. The topological polar surface area (TPSA) is 17.3 Å². The number of hydrogen-bond acceptors (Lipinski definition) is 1. The van der Waals surface area contributed by atoms with Gasteiger partial charge >= 0.3 is 0 Å². The van der Waals surface area contributed by atoms with E-state index in [2.05, 4.69) is 17.1 Å². The molecule has 0 amide bonds. The van der Waals surface area contributed by atoms with Crippen molar-refractivity contribution >= 4 is 0 Å². The molecule has 63 valence electrons. The lowest BCUT2D eigenvalue weighted by molar-refractivity contribution is 0.115. The first-order chi connectivity index (χ1) is 5.31. The molecule has 0 aromatic carbocycles. The molecule has 0 aromatic heterocycles. The van der Waals surface area contributed by atoms with Gasteiger partial charge in [0.2, 0.25) is 0 Å². The maximum absolute atomic E-state index is 4.68. The van der Waals surface area contributed by atoms with Gasteiger partial charge in [0.05, 0.1) is 5.66 Å². The summed E-state index contributed by atoms with van der Waals surface area (Å²) in [6.07, 6.45) is 5.34. The fraction of sp³-hybridized carbons (Fsp3) is 1.00. The Bertz CT molecular complexity index is 132. The van der Waals surface area contributed by atoms with Crippen molar-refractivity contribution in [1.29, 1.82) is 0 Å². The lowest BCUT2D eigenvalue weighted by Crippen LogP contribution is -2.48. The van der Waals surface area contributed by atoms with E-state index < -0.39 is 0 Å². The molecule has 0 bridgehead atoms. The molecule has 2 nitrogen and oxygen atoms in total. The summed E-state index contributed by atoms with van der Waals surface area (Å²) in [4.78, 5) is 2.56. The van der Waals surface area contributed by atoms with E-state index in [9.17, 15) is 0 Å². The SMILES string of the molecule is CC1(N2CCCC2)CCC[N]1. The molecule has 11 heavy (non-hydrogen) atoms. The molecule has 2 saturated heterocycles. The van der Waals surface area contributed by atoms with Gasteiger partial charge in [0, 0.05) is 6.54 Å². The fourth-order valence-electron chi connectivity index (χ4n) is 2.27. The average molecular weight is 153 g/mol. The van der Waals surface area contributed by atoms with Crippen LogP contribution in [0.2, 0.25) is 0 Å². The predicted octanol–water partition coefficient (Wildman–Crippen LogP) is 1.20. The maximum Gasteiger partial charge on any atom is 0.0845 e. The van der Waals surface area contributed by atoms with E-state index >= 15 is 0 Å². The van der Waals surface area contributed by atoms with Crippen LogP contribution in [0.3, 0.4) is 0 Å². The van der Waals surface area contributed by atoms with Crippen LogP contribution in [0.25, 0.3) is 0 Å². The van der Waals surface area contributed by atoms with Gasteiger partial charge in [-0.3, -0.25) is 4.90 Å². The fourth-order valence-corrected chi connectivity index (χ4v) is 2.27. The minimum atomic E-state index is 0.233. The maximum atomic E-state index is 4.68. The highest BCUT2D eigenvalue weighted by molar-refractivity contribution is 4.90. The zero-order valence-electron chi connectivity index (χ0n) is 7.34. The summed E-state index contributed by atoms with van der Waals surface area (Å²) < 4.78 is 0. The quantitative estimate of drug-likeness (QED) is 0.553. The van der Waals surface area contributed by atoms with E-state index in [-0.39, 0.29) is 5.66 Å². The Morgan fingerprint density at radius 3 is 2.45 bits per heavy atom. The molecule has 2 heterocycles. The molecular formula is C9H17N2. The van der Waals surface area contributed by atoms with Crippen molar-refractivity contribution in [3.8, 4) is 0 Å². The van der Waals surface area contributed by atoms with Crippen molar-refractivity contribution in [2.45, 2.75) is 38.3 Å². The Kier molecular flexibility index (Phi) is 1.90. The molecule has 2 fully saturated rings. The van der Waals surface area contributed by atoms with Crippen LogP contribution in [0.1, 0.15) is 32.6 Å². The standard InChI is InChI=1S/C9H17N2/c1-9(5-4-6-10-9)11-7-2-3-8-11/h2-8H2,1H3. The van der Waals surface area contributed by atoms with Crippen LogP contribution in [0, 0.1) is 0 Å². The Balaban J connectivity index is 2.00. The van der Waals surface area contributed by atoms with Gasteiger partial charge in [0.15, 0.2) is 0 Å². The van der Waals surface area contributed by atoms with Crippen molar-refractivity contribution in [1.82, 2.24) is 10.2 Å². The number of rotatable bonds is 1. The van der Waals surface area contributed by atoms with Gasteiger partial charge in [0.25, 0.3) is 0 Å². The van der Waals surface area contributed by atoms with Gasteiger partial charge < -0.3 is 0 Å². The van der Waals surface area contributed by atoms with Crippen molar-refractivity contribution in [3.63, 3.8) is 0 Å². The molecule has 0 spiro atoms. The van der Waals surface area contributed by atoms with Gasteiger partial charge in [-0.2, -0.15) is 0 Å². The first kappa shape index (κ1) is 7.56. The molecule has 1 radical (unpaired) electrons. The molecular weight excluding hydrogens is 136 g/mol. The van der Waals surface area contributed by atoms with Crippen molar-refractivity contribution in [2.24, 2.45) is 0 Å². The molecule has 0 aliphatic carbocycles. The molecule has 1 unspecified atom stereocenters. The van der Waals surface area contributed by atoms with Crippen LogP contribution in [0.5, 0.6) is 0 Å². The highest BCUT2D eigenvalue weighted by Crippen LogP contribution is 2.28. The third-order valence-corrected chi connectivity index (χ3v) is 3.05. The van der Waals surface area contributed by atoms with E-state index in [1.807, 2.05) is 0 Å². The summed E-state index contributed by atoms with van der Waals surface area (Å²) >= 11 is 0. The largest absolute Gasteiger partial charge is 0.285 e. The smallest absolute Gasteiger partial charge is 0.0845 e. The minimum Gasteiger partial charge on any atom is -0.285 e. The molecule has 0 N–H and O–H groups in total. The molecule has 2 aliphatic heterocycles. The Hall–Kier alpha value is -0.0800. The number of hydrogen-bond donors (Lipinski definition) is 0. The Morgan fingerprint density at radius 1 is 1.18 bits per heavy atom. The lowest BCUT2D eigenvalue weighted by atomic mass is 10.1. The van der Waals surface area contributed by atoms with Crippen molar-refractivity contribution in [2.75, 3.05) is 19.6 Å². The molecule has 0 aromatic rings. The number of nitrogens with zero attached hydrogens (tertiary/aromatic N) is 2. The zero-order chi connectivity index (χ0) is 7.73. The van der Waals surface area contributed by atoms with E-state index in [4.69, 9.17) is 0 Å². The first-order valence-electron chi connectivity index (χ1n) is 4.75. The highest BCUT2D eigenvalue weighted by Gasteiger charge is 2.36. The third-order valence-electron chi connectivity index (χ3n) is 3.05. The van der Waals surface area contributed by atoms with Crippen molar-refractivity contribution < 1.29 is 0 Å². The second-order valence-corrected chi connectivity index (χ2v) is 3.90. The van der Waals surface area contributed by atoms with E-state index in [1.165, 1.54) is 38.8 Å². The van der Waals surface area contributed by atoms with Crippen LogP contribution in [-0.2, 0) is 0 Å². The van der Waals surface area contributed by atoms with Gasteiger partial charge in [0.1, 0.15) is 0 Å². The van der Waals surface area contributed by atoms with Crippen LogP contribution in [0.15, 0.2) is 0 Å². The van der Waals surface area contributed by atoms with Gasteiger partial charge in [-0.1, -0.05) is 0 Å². The van der Waals surface area contributed by atoms with Crippen LogP contribution in [0.4, 0.5) is 0 Å². The average Bonchev–Trinajstić information content (AvgIpc) is 2.55. The van der Waals surface area contributed by atoms with Crippen LogP contribution < -0.4 is 5.32 Å². The predicted molar refractivity (Wildman–Crippen MR) is 45.4 cm³/mol. The third kappa shape index (κ3) is 1.30. The van der Waals surface area contributed by atoms with Gasteiger partial charge in [-0.25, -0.2) is 5.32 Å². The second-order valence-electron chi connectivity index (χ2n) is 3.90. The second kappa shape index (κ2) is 2.76. The molecule has 1 atom stereocenters. The Labute approximate surface area is 69.0 Å². The molecule has 2 aliphatic rings. The normalized spacial score (nSPS) is 40.1. The zero-order valence-corrected chi connectivity index (χ0v) is 7.34. The Morgan fingerprint density at radius 2 is 1.91 bits per heavy atom. The van der Waals surface area contributed by atoms with Crippen LogP contribution in [-0.4, -0.2) is 30.2 Å². The first-order valence-corrected chi connectivity index (χ1v) is 4.75. The summed E-state index contributed by atoms with van der Waals surface area (Å²) in [5.74, 6) is 0. The molecule has 0 saturated carbocycles. The van der Waals surface area contributed by atoms with E-state index in [1.54, 1.807) is 0 Å². The van der Waals surface area contributed by atoms with Crippen LogP contribution >= 0.6 is 0 Å². The van der Waals surface area contributed by atoms with Crippen molar-refractivity contribution in [3.05, 3.63) is 0 Å². The summed E-state index contributed by atoms with van der Waals surface area (Å²) in [5, 5.41) is 4.68. The lowest BCUT2D eigenvalue weighted by Gasteiger charge is -2.33. The molecule has 2 heteroatoms. The summed E-state index contributed by atoms with van der Waals surface area (Å²) in [6.45, 7) is 5.94. The van der Waals surface area contributed by atoms with E-state index in [0.29, 0.717) is 0 Å². The molecule has 2 rings (SSSR count). The van der Waals surface area contributed by atoms with E-state index in [0.717, 1.165) is 6.54 Å². The minimum absolute atomic E-state index is 0.233. The van der Waals surface area contributed by atoms with Gasteiger partial charge in [-0.15, -0.1) is 0 Å². The van der Waals surface area contributed by atoms with Gasteiger partial charge in [-0.05, 0) is 45.7 Å². The monoisotopic (exact) mass is 153 g/mol.